The predicted molar refractivity (Wildman–Crippen MR) is 135 cm³/mol. The van der Waals surface area contributed by atoms with Crippen LogP contribution in [0.3, 0.4) is 0 Å². The molecule has 1 fully saturated rings. The second-order valence-electron chi connectivity index (χ2n) is 8.26. The second-order valence-corrected chi connectivity index (χ2v) is 9.18. The zero-order valence-corrected chi connectivity index (χ0v) is 19.9. The highest BCUT2D eigenvalue weighted by molar-refractivity contribution is 9.10. The number of hydrogen-bond acceptors (Lipinski definition) is 2. The highest BCUT2D eigenvalue weighted by Gasteiger charge is 2.19. The Bertz CT molecular complexity index is 1240. The van der Waals surface area contributed by atoms with Crippen LogP contribution in [0.5, 0.6) is 0 Å². The van der Waals surface area contributed by atoms with E-state index in [9.17, 15) is 0 Å². The molecule has 3 aromatic carbocycles. The van der Waals surface area contributed by atoms with Crippen molar-refractivity contribution in [3.8, 4) is 0 Å². The molecule has 1 aliphatic rings. The van der Waals surface area contributed by atoms with Crippen molar-refractivity contribution in [1.29, 1.82) is 0 Å². The van der Waals surface area contributed by atoms with Gasteiger partial charge in [0.2, 0.25) is 0 Å². The largest absolute Gasteiger partial charge is 0.356 e. The molecule has 0 N–H and O–H groups in total. The molecule has 4 heteroatoms. The van der Waals surface area contributed by atoms with Crippen LogP contribution in [0.1, 0.15) is 55.5 Å². The van der Waals surface area contributed by atoms with Crippen molar-refractivity contribution in [2.45, 2.75) is 38.8 Å². The van der Waals surface area contributed by atoms with Crippen molar-refractivity contribution in [3.05, 3.63) is 100 Å². The van der Waals surface area contributed by atoms with Crippen LogP contribution < -0.4 is 0 Å². The zero-order valence-electron chi connectivity index (χ0n) is 18.3. The standard InChI is InChI=1S/C28H27BrN2O/c1-2-25(20-8-4-3-5-9-20)28(21-11-14-24(29)15-12-21)22-13-16-26-23(18-22)19-30-31(26)27-10-6-7-17-32-27/h3-5,8-9,11-16,18-19,27H,2,6-7,10,17H2,1H3/b28-25+. The number of ether oxygens (including phenoxy) is 1. The Kier molecular flexibility index (Phi) is 6.24. The molecule has 0 aliphatic carbocycles. The molecule has 1 atom stereocenters. The van der Waals surface area contributed by atoms with Gasteiger partial charge in [0, 0.05) is 16.5 Å². The summed E-state index contributed by atoms with van der Waals surface area (Å²) in [5.41, 5.74) is 7.44. The molecule has 0 spiro atoms. The maximum absolute atomic E-state index is 5.99. The first-order chi connectivity index (χ1) is 15.7. The van der Waals surface area contributed by atoms with Crippen molar-refractivity contribution in [1.82, 2.24) is 9.78 Å². The van der Waals surface area contributed by atoms with Crippen molar-refractivity contribution < 1.29 is 4.74 Å². The molecule has 1 aromatic heterocycles. The normalized spacial score (nSPS) is 17.4. The van der Waals surface area contributed by atoms with E-state index in [2.05, 4.69) is 100 Å². The van der Waals surface area contributed by atoms with Crippen LogP contribution in [0.15, 0.2) is 83.5 Å². The van der Waals surface area contributed by atoms with Crippen LogP contribution in [-0.4, -0.2) is 16.4 Å². The minimum absolute atomic E-state index is 0.0455. The summed E-state index contributed by atoms with van der Waals surface area (Å²) in [7, 11) is 0. The molecule has 0 saturated carbocycles. The molecule has 0 radical (unpaired) electrons. The Morgan fingerprint density at radius 1 is 0.969 bits per heavy atom. The third-order valence-corrected chi connectivity index (χ3v) is 6.75. The highest BCUT2D eigenvalue weighted by atomic mass is 79.9. The first kappa shape index (κ1) is 21.2. The average molecular weight is 487 g/mol. The Morgan fingerprint density at radius 2 is 1.75 bits per heavy atom. The lowest BCUT2D eigenvalue weighted by Crippen LogP contribution is -2.18. The van der Waals surface area contributed by atoms with Gasteiger partial charge in [-0.1, -0.05) is 71.4 Å². The fourth-order valence-electron chi connectivity index (χ4n) is 4.65. The van der Waals surface area contributed by atoms with Gasteiger partial charge in [-0.3, -0.25) is 0 Å². The summed E-state index contributed by atoms with van der Waals surface area (Å²) in [6.07, 6.45) is 6.32. The summed E-state index contributed by atoms with van der Waals surface area (Å²) in [6.45, 7) is 3.05. The quantitative estimate of drug-likeness (QED) is 0.268. The molecule has 162 valence electrons. The lowest BCUT2D eigenvalue weighted by atomic mass is 9.88. The fraction of sp³-hybridized carbons (Fsp3) is 0.250. The summed E-state index contributed by atoms with van der Waals surface area (Å²) >= 11 is 3.58. The number of halogens is 1. The number of allylic oxidation sites excluding steroid dienone is 1. The van der Waals surface area contributed by atoms with Gasteiger partial charge in [0.25, 0.3) is 0 Å². The van der Waals surface area contributed by atoms with Gasteiger partial charge >= 0.3 is 0 Å². The number of hydrogen-bond donors (Lipinski definition) is 0. The van der Waals surface area contributed by atoms with Crippen LogP contribution in [-0.2, 0) is 4.74 Å². The fourth-order valence-corrected chi connectivity index (χ4v) is 4.92. The van der Waals surface area contributed by atoms with Crippen molar-refractivity contribution >= 4 is 38.0 Å². The molecule has 4 aromatic rings. The van der Waals surface area contributed by atoms with Crippen LogP contribution in [0.4, 0.5) is 0 Å². The number of rotatable bonds is 5. The van der Waals surface area contributed by atoms with Gasteiger partial charge in [-0.25, -0.2) is 4.68 Å². The third kappa shape index (κ3) is 4.17. The van der Waals surface area contributed by atoms with E-state index in [-0.39, 0.29) is 6.23 Å². The molecule has 1 aliphatic heterocycles. The summed E-state index contributed by atoms with van der Waals surface area (Å²) in [5, 5.41) is 5.84. The minimum Gasteiger partial charge on any atom is -0.356 e. The summed E-state index contributed by atoms with van der Waals surface area (Å²) in [4.78, 5) is 0. The van der Waals surface area contributed by atoms with Gasteiger partial charge in [-0.15, -0.1) is 0 Å². The Labute approximate surface area is 197 Å². The Morgan fingerprint density at radius 3 is 2.47 bits per heavy atom. The molecular formula is C28H27BrN2O. The van der Waals surface area contributed by atoms with Crippen molar-refractivity contribution in [2.75, 3.05) is 6.61 Å². The number of benzene rings is 3. The van der Waals surface area contributed by atoms with Crippen LogP contribution in [0.25, 0.3) is 22.0 Å². The van der Waals surface area contributed by atoms with E-state index in [0.717, 1.165) is 41.2 Å². The topological polar surface area (TPSA) is 27.1 Å². The van der Waals surface area contributed by atoms with Gasteiger partial charge < -0.3 is 4.74 Å². The first-order valence-electron chi connectivity index (χ1n) is 11.4. The van der Waals surface area contributed by atoms with Gasteiger partial charge in [0.05, 0.1) is 11.7 Å². The van der Waals surface area contributed by atoms with Crippen molar-refractivity contribution in [3.63, 3.8) is 0 Å². The summed E-state index contributed by atoms with van der Waals surface area (Å²) in [6, 6.07) is 26.0. The van der Waals surface area contributed by atoms with E-state index in [1.54, 1.807) is 0 Å². The zero-order chi connectivity index (χ0) is 21.9. The summed E-state index contributed by atoms with van der Waals surface area (Å²) in [5.74, 6) is 0. The molecule has 0 amide bonds. The maximum Gasteiger partial charge on any atom is 0.150 e. The summed E-state index contributed by atoms with van der Waals surface area (Å²) < 4.78 is 9.13. The molecule has 2 heterocycles. The molecule has 3 nitrogen and oxygen atoms in total. The van der Waals surface area contributed by atoms with Gasteiger partial charge in [0.15, 0.2) is 6.23 Å². The average Bonchev–Trinajstić information content (AvgIpc) is 3.27. The number of fused-ring (bicyclic) bond motifs is 1. The Hall–Kier alpha value is -2.69. The molecule has 1 saturated heterocycles. The van der Waals surface area contributed by atoms with E-state index in [1.165, 1.54) is 34.3 Å². The number of aromatic nitrogens is 2. The molecular weight excluding hydrogens is 460 g/mol. The second kappa shape index (κ2) is 9.43. The van der Waals surface area contributed by atoms with Crippen LogP contribution in [0, 0.1) is 0 Å². The number of nitrogens with zero attached hydrogens (tertiary/aromatic N) is 2. The lowest BCUT2D eigenvalue weighted by Gasteiger charge is -2.23. The van der Waals surface area contributed by atoms with Crippen LogP contribution >= 0.6 is 15.9 Å². The van der Waals surface area contributed by atoms with E-state index in [1.807, 2.05) is 6.20 Å². The molecule has 1 unspecified atom stereocenters. The monoisotopic (exact) mass is 486 g/mol. The minimum atomic E-state index is 0.0455. The van der Waals surface area contributed by atoms with Crippen LogP contribution in [0.2, 0.25) is 0 Å². The first-order valence-corrected chi connectivity index (χ1v) is 12.2. The van der Waals surface area contributed by atoms with E-state index in [4.69, 9.17) is 9.84 Å². The highest BCUT2D eigenvalue weighted by Crippen LogP contribution is 2.36. The third-order valence-electron chi connectivity index (χ3n) is 6.22. The van der Waals surface area contributed by atoms with E-state index in [0.29, 0.717) is 0 Å². The molecule has 5 rings (SSSR count). The Balaban J connectivity index is 1.66. The lowest BCUT2D eigenvalue weighted by molar-refractivity contribution is -0.0366. The van der Waals surface area contributed by atoms with E-state index < -0.39 is 0 Å². The van der Waals surface area contributed by atoms with E-state index >= 15 is 0 Å². The molecule has 0 bridgehead atoms. The predicted octanol–water partition coefficient (Wildman–Crippen LogP) is 7.87. The van der Waals surface area contributed by atoms with Crippen molar-refractivity contribution in [2.24, 2.45) is 0 Å². The smallest absolute Gasteiger partial charge is 0.150 e. The maximum atomic E-state index is 5.99. The SMILES string of the molecule is CC/C(=C(/c1ccc(Br)cc1)c1ccc2c(cnn2C2CCCCO2)c1)c1ccccc1. The van der Waals surface area contributed by atoms with Gasteiger partial charge in [0.1, 0.15) is 0 Å². The molecule has 32 heavy (non-hydrogen) atoms. The van der Waals surface area contributed by atoms with Gasteiger partial charge in [-0.05, 0) is 77.8 Å². The van der Waals surface area contributed by atoms with Gasteiger partial charge in [-0.2, -0.15) is 5.10 Å².